The van der Waals surface area contributed by atoms with E-state index in [0.29, 0.717) is 27.3 Å². The van der Waals surface area contributed by atoms with E-state index < -0.39 is 11.1 Å². The molecule has 2 heterocycles. The van der Waals surface area contributed by atoms with Crippen molar-refractivity contribution in [1.82, 2.24) is 0 Å². The molecule has 4 nitrogen and oxygen atoms in total. The molecule has 1 saturated heterocycles. The van der Waals surface area contributed by atoms with Crippen LogP contribution in [0.3, 0.4) is 0 Å². The molecule has 0 atom stereocenters. The van der Waals surface area contributed by atoms with E-state index >= 15 is 0 Å². The van der Waals surface area contributed by atoms with Gasteiger partial charge in [-0.05, 0) is 54.2 Å². The monoisotopic (exact) mass is 449 g/mol. The molecule has 0 saturated carbocycles. The minimum atomic E-state index is -0.450. The van der Waals surface area contributed by atoms with Gasteiger partial charge in [0.2, 0.25) is 0 Å². The number of amides is 2. The summed E-state index contributed by atoms with van der Waals surface area (Å²) >= 11 is 18.7. The number of benzene rings is 2. The number of imide groups is 1. The van der Waals surface area contributed by atoms with Gasteiger partial charge >= 0.3 is 0 Å². The molecule has 140 valence electrons. The summed E-state index contributed by atoms with van der Waals surface area (Å²) in [7, 11) is 0. The SMILES string of the molecule is O=C1S/C(=C/c2ccc(-c3cccc(Cl)c3)o2)C(=O)N1c1ccc(Cl)c(Cl)c1. The Morgan fingerprint density at radius 3 is 2.50 bits per heavy atom. The second-order valence-corrected chi connectivity index (χ2v) is 8.07. The van der Waals surface area contributed by atoms with Crippen LogP contribution in [0.4, 0.5) is 10.5 Å². The molecule has 28 heavy (non-hydrogen) atoms. The van der Waals surface area contributed by atoms with Crippen molar-refractivity contribution in [2.75, 3.05) is 4.90 Å². The van der Waals surface area contributed by atoms with Crippen molar-refractivity contribution in [3.8, 4) is 11.3 Å². The minimum absolute atomic E-state index is 0.253. The van der Waals surface area contributed by atoms with Crippen LogP contribution in [-0.2, 0) is 4.79 Å². The first kappa shape index (κ1) is 19.2. The normalized spacial score (nSPS) is 15.7. The van der Waals surface area contributed by atoms with E-state index in [1.165, 1.54) is 18.2 Å². The standard InChI is InChI=1S/C20H10Cl3NO3S/c21-12-3-1-2-11(8-12)17-7-5-14(27-17)10-18-19(25)24(20(26)28-18)13-4-6-15(22)16(23)9-13/h1-10H/b18-10+. The van der Waals surface area contributed by atoms with Crippen molar-refractivity contribution < 1.29 is 14.0 Å². The molecule has 1 aliphatic rings. The summed E-state index contributed by atoms with van der Waals surface area (Å²) in [6, 6.07) is 15.3. The zero-order valence-corrected chi connectivity index (χ0v) is 17.1. The van der Waals surface area contributed by atoms with Gasteiger partial charge in [0, 0.05) is 16.7 Å². The van der Waals surface area contributed by atoms with Gasteiger partial charge in [0.15, 0.2) is 0 Å². The molecule has 1 aromatic heterocycles. The Morgan fingerprint density at radius 1 is 0.929 bits per heavy atom. The summed E-state index contributed by atoms with van der Waals surface area (Å²) in [4.78, 5) is 26.4. The van der Waals surface area contributed by atoms with E-state index in [2.05, 4.69) is 0 Å². The molecule has 4 rings (SSSR count). The smallest absolute Gasteiger partial charge is 0.298 e. The molecule has 3 aromatic rings. The molecule has 0 bridgehead atoms. The Kier molecular flexibility index (Phi) is 5.25. The number of carbonyl (C=O) groups excluding carboxylic acids is 2. The highest BCUT2D eigenvalue weighted by Gasteiger charge is 2.36. The van der Waals surface area contributed by atoms with Gasteiger partial charge in [0.05, 0.1) is 20.6 Å². The van der Waals surface area contributed by atoms with Gasteiger partial charge in [-0.15, -0.1) is 0 Å². The highest BCUT2D eigenvalue weighted by molar-refractivity contribution is 8.19. The lowest BCUT2D eigenvalue weighted by Crippen LogP contribution is -2.27. The van der Waals surface area contributed by atoms with E-state index in [-0.39, 0.29) is 9.93 Å². The van der Waals surface area contributed by atoms with Gasteiger partial charge < -0.3 is 4.42 Å². The highest BCUT2D eigenvalue weighted by atomic mass is 35.5. The largest absolute Gasteiger partial charge is 0.457 e. The lowest BCUT2D eigenvalue weighted by molar-refractivity contribution is -0.113. The number of rotatable bonds is 3. The van der Waals surface area contributed by atoms with Crippen molar-refractivity contribution in [3.63, 3.8) is 0 Å². The Hall–Kier alpha value is -2.18. The third-order valence-corrected chi connectivity index (χ3v) is 5.81. The summed E-state index contributed by atoms with van der Waals surface area (Å²) in [6.07, 6.45) is 1.54. The fraction of sp³-hybridized carbons (Fsp3) is 0. The first-order chi connectivity index (χ1) is 13.4. The molecule has 2 aromatic carbocycles. The zero-order valence-electron chi connectivity index (χ0n) is 14.0. The molecule has 1 aliphatic heterocycles. The lowest BCUT2D eigenvalue weighted by atomic mass is 10.2. The van der Waals surface area contributed by atoms with Crippen LogP contribution in [0.2, 0.25) is 15.1 Å². The maximum Gasteiger partial charge on any atom is 0.298 e. The van der Waals surface area contributed by atoms with Crippen molar-refractivity contribution in [1.29, 1.82) is 0 Å². The van der Waals surface area contributed by atoms with E-state index in [1.807, 2.05) is 12.1 Å². The maximum atomic E-state index is 12.7. The van der Waals surface area contributed by atoms with Crippen LogP contribution in [0.1, 0.15) is 5.76 Å². The van der Waals surface area contributed by atoms with Crippen molar-refractivity contribution in [2.24, 2.45) is 0 Å². The Morgan fingerprint density at radius 2 is 1.75 bits per heavy atom. The maximum absolute atomic E-state index is 12.7. The van der Waals surface area contributed by atoms with Gasteiger partial charge in [-0.1, -0.05) is 46.9 Å². The second-order valence-electron chi connectivity index (χ2n) is 5.83. The fourth-order valence-corrected chi connectivity index (χ4v) is 3.98. The molecule has 2 amide bonds. The molecule has 0 aliphatic carbocycles. The van der Waals surface area contributed by atoms with Crippen molar-refractivity contribution >= 4 is 69.5 Å². The number of thioether (sulfide) groups is 1. The van der Waals surface area contributed by atoms with Crippen molar-refractivity contribution in [3.05, 3.63) is 80.3 Å². The summed E-state index contributed by atoms with van der Waals surface area (Å²) in [5.74, 6) is 0.612. The van der Waals surface area contributed by atoms with E-state index in [0.717, 1.165) is 22.2 Å². The number of hydrogen-bond donors (Lipinski definition) is 0. The summed E-state index contributed by atoms with van der Waals surface area (Å²) in [5.41, 5.74) is 1.18. The number of carbonyl (C=O) groups is 2. The van der Waals surface area contributed by atoms with Gasteiger partial charge in [0.25, 0.3) is 11.1 Å². The molecule has 0 spiro atoms. The van der Waals surface area contributed by atoms with E-state index in [9.17, 15) is 9.59 Å². The molecule has 8 heteroatoms. The number of furan rings is 1. The molecular formula is C20H10Cl3NO3S. The number of anilines is 1. The van der Waals surface area contributed by atoms with Gasteiger partial charge in [0.1, 0.15) is 11.5 Å². The number of halogens is 3. The fourth-order valence-electron chi connectivity index (χ4n) is 2.67. The highest BCUT2D eigenvalue weighted by Crippen LogP contribution is 2.38. The first-order valence-electron chi connectivity index (χ1n) is 8.01. The zero-order chi connectivity index (χ0) is 19.8. The van der Waals surface area contributed by atoms with Crippen LogP contribution in [0.15, 0.2) is 63.9 Å². The van der Waals surface area contributed by atoms with Crippen LogP contribution >= 0.6 is 46.6 Å². The summed E-state index contributed by atoms with van der Waals surface area (Å²) in [6.45, 7) is 0. The number of hydrogen-bond acceptors (Lipinski definition) is 4. The minimum Gasteiger partial charge on any atom is -0.457 e. The topological polar surface area (TPSA) is 50.5 Å². The number of nitrogens with zero attached hydrogens (tertiary/aromatic N) is 1. The second kappa shape index (κ2) is 7.68. The molecule has 1 fully saturated rings. The lowest BCUT2D eigenvalue weighted by Gasteiger charge is -2.12. The van der Waals surface area contributed by atoms with Crippen LogP contribution in [0.5, 0.6) is 0 Å². The molecule has 0 N–H and O–H groups in total. The Balaban J connectivity index is 1.62. The van der Waals surface area contributed by atoms with Crippen LogP contribution < -0.4 is 4.90 Å². The average molecular weight is 451 g/mol. The van der Waals surface area contributed by atoms with Gasteiger partial charge in [-0.2, -0.15) is 0 Å². The third-order valence-electron chi connectivity index (χ3n) is 3.96. The third kappa shape index (κ3) is 3.71. The molecular weight excluding hydrogens is 441 g/mol. The van der Waals surface area contributed by atoms with E-state index in [1.54, 1.807) is 30.3 Å². The quantitative estimate of drug-likeness (QED) is 0.398. The first-order valence-corrected chi connectivity index (χ1v) is 9.96. The summed E-state index contributed by atoms with van der Waals surface area (Å²) < 4.78 is 5.78. The Bertz CT molecular complexity index is 1140. The van der Waals surface area contributed by atoms with E-state index in [4.69, 9.17) is 39.2 Å². The van der Waals surface area contributed by atoms with Gasteiger partial charge in [-0.3, -0.25) is 9.59 Å². The predicted molar refractivity (Wildman–Crippen MR) is 114 cm³/mol. The van der Waals surface area contributed by atoms with Gasteiger partial charge in [-0.25, -0.2) is 4.90 Å². The Labute approximate surface area is 179 Å². The average Bonchev–Trinajstić information content (AvgIpc) is 3.23. The molecule has 0 radical (unpaired) electrons. The van der Waals surface area contributed by atoms with Crippen molar-refractivity contribution in [2.45, 2.75) is 0 Å². The van der Waals surface area contributed by atoms with Crippen LogP contribution in [-0.4, -0.2) is 11.1 Å². The summed E-state index contributed by atoms with van der Waals surface area (Å²) in [5, 5.41) is 0.783. The van der Waals surface area contributed by atoms with Crippen LogP contribution in [0.25, 0.3) is 17.4 Å². The van der Waals surface area contributed by atoms with Crippen LogP contribution in [0, 0.1) is 0 Å². The predicted octanol–water partition coefficient (Wildman–Crippen LogP) is 7.15. The molecule has 0 unspecified atom stereocenters.